The van der Waals surface area contributed by atoms with E-state index in [0.717, 1.165) is 19.4 Å². The molecule has 0 aromatic carbocycles. The Morgan fingerprint density at radius 1 is 1.68 bits per heavy atom. The monoisotopic (exact) mass is 262 g/mol. The first-order valence-electron chi connectivity index (χ1n) is 6.54. The maximum atomic E-state index is 12.1. The molecular weight excluding hydrogens is 244 g/mol. The minimum Gasteiger partial charge on any atom is -0.322 e. The summed E-state index contributed by atoms with van der Waals surface area (Å²) in [5, 5.41) is 3.53. The molecule has 2 unspecified atom stereocenters. The van der Waals surface area contributed by atoms with Crippen molar-refractivity contribution in [2.24, 2.45) is 11.0 Å². The molecule has 0 aliphatic carbocycles. The average molecular weight is 262 g/mol. The Morgan fingerprint density at radius 3 is 3.16 bits per heavy atom. The van der Waals surface area contributed by atoms with Gasteiger partial charge in [0.1, 0.15) is 6.17 Å². The van der Waals surface area contributed by atoms with Crippen molar-refractivity contribution in [3.8, 4) is 0 Å². The lowest BCUT2D eigenvalue weighted by Crippen LogP contribution is -2.31. The van der Waals surface area contributed by atoms with Gasteiger partial charge in [-0.2, -0.15) is 0 Å². The molecule has 0 radical (unpaired) electrons. The minimum atomic E-state index is -0.169. The van der Waals surface area contributed by atoms with Crippen LogP contribution >= 0.6 is 0 Å². The van der Waals surface area contributed by atoms with E-state index in [0.29, 0.717) is 18.3 Å². The number of hydrogen-bond donors (Lipinski definition) is 0. The average Bonchev–Trinajstić information content (AvgIpc) is 2.97. The van der Waals surface area contributed by atoms with Gasteiger partial charge in [0, 0.05) is 30.3 Å². The Hall–Kier alpha value is -2.01. The van der Waals surface area contributed by atoms with Gasteiger partial charge in [0.15, 0.2) is 5.95 Å². The summed E-state index contributed by atoms with van der Waals surface area (Å²) in [5.74, 6) is 0.889. The number of rotatable bonds is 5. The second kappa shape index (κ2) is 5.75. The molecule has 2 heterocycles. The van der Waals surface area contributed by atoms with Gasteiger partial charge in [0.25, 0.3) is 0 Å². The smallest absolute Gasteiger partial charge is 0.224 e. The number of carbonyl (C=O) groups is 1. The van der Waals surface area contributed by atoms with Crippen molar-refractivity contribution in [2.45, 2.75) is 39.3 Å². The summed E-state index contributed by atoms with van der Waals surface area (Å²) in [7, 11) is 0. The third kappa shape index (κ3) is 2.71. The number of likely N-dealkylation sites (tertiary alicyclic amines) is 1. The zero-order valence-electron chi connectivity index (χ0n) is 11.2. The molecule has 1 amide bonds. The van der Waals surface area contributed by atoms with Crippen LogP contribution < -0.4 is 0 Å². The van der Waals surface area contributed by atoms with Crippen molar-refractivity contribution >= 4 is 11.9 Å². The molecule has 2 rings (SSSR count). The molecule has 0 spiro atoms. The molecule has 2 atom stereocenters. The van der Waals surface area contributed by atoms with Gasteiger partial charge < -0.3 is 9.47 Å². The summed E-state index contributed by atoms with van der Waals surface area (Å²) in [5.41, 5.74) is 8.50. The van der Waals surface area contributed by atoms with Crippen LogP contribution in [-0.4, -0.2) is 26.9 Å². The highest BCUT2D eigenvalue weighted by atomic mass is 16.2. The van der Waals surface area contributed by atoms with E-state index >= 15 is 0 Å². The fourth-order valence-corrected chi connectivity index (χ4v) is 2.64. The van der Waals surface area contributed by atoms with Gasteiger partial charge in [-0.25, -0.2) is 4.98 Å². The van der Waals surface area contributed by atoms with Crippen LogP contribution in [0.4, 0.5) is 5.95 Å². The second-order valence-corrected chi connectivity index (χ2v) is 4.86. The zero-order chi connectivity index (χ0) is 13.8. The van der Waals surface area contributed by atoms with Crippen molar-refractivity contribution in [3.05, 3.63) is 22.8 Å². The first kappa shape index (κ1) is 13.4. The molecule has 7 heteroatoms. The summed E-state index contributed by atoms with van der Waals surface area (Å²) in [6, 6.07) is 0. The van der Waals surface area contributed by atoms with E-state index in [1.54, 1.807) is 17.0 Å². The number of amides is 1. The summed E-state index contributed by atoms with van der Waals surface area (Å²) >= 11 is 0. The lowest BCUT2D eigenvalue weighted by Gasteiger charge is -2.26. The lowest BCUT2D eigenvalue weighted by atomic mass is 10.0. The molecule has 1 aliphatic heterocycles. The molecule has 0 N–H and O–H groups in total. The number of azide groups is 1. The van der Waals surface area contributed by atoms with Crippen LogP contribution in [0.1, 0.15) is 39.3 Å². The summed E-state index contributed by atoms with van der Waals surface area (Å²) < 4.78 is 1.73. The summed E-state index contributed by atoms with van der Waals surface area (Å²) in [6.45, 7) is 4.82. The number of carbonyl (C=O) groups excluding carboxylic acids is 1. The van der Waals surface area contributed by atoms with Crippen molar-refractivity contribution in [2.75, 3.05) is 6.54 Å². The first-order valence-corrected chi connectivity index (χ1v) is 6.54. The van der Waals surface area contributed by atoms with Gasteiger partial charge in [-0.15, -0.1) is 0 Å². The van der Waals surface area contributed by atoms with E-state index in [4.69, 9.17) is 5.53 Å². The molecular formula is C12H18N6O. The van der Waals surface area contributed by atoms with Crippen LogP contribution in [0, 0.1) is 5.92 Å². The summed E-state index contributed by atoms with van der Waals surface area (Å²) in [4.78, 5) is 20.6. The Kier molecular flexibility index (Phi) is 4.06. The third-order valence-corrected chi connectivity index (χ3v) is 3.57. The van der Waals surface area contributed by atoms with E-state index in [1.807, 2.05) is 11.8 Å². The fourth-order valence-electron chi connectivity index (χ4n) is 2.64. The Balaban J connectivity index is 2.15. The third-order valence-electron chi connectivity index (χ3n) is 3.57. The Labute approximate surface area is 111 Å². The molecule has 19 heavy (non-hydrogen) atoms. The fraction of sp³-hybridized carbons (Fsp3) is 0.667. The first-order chi connectivity index (χ1) is 9.17. The SMILES string of the molecule is CCCC1CC(=O)N(C(C)n2ccnc2N=[N+]=[N-])C1. The van der Waals surface area contributed by atoms with Gasteiger partial charge in [0.2, 0.25) is 5.91 Å². The van der Waals surface area contributed by atoms with Crippen molar-refractivity contribution in [1.82, 2.24) is 14.5 Å². The van der Waals surface area contributed by atoms with E-state index in [9.17, 15) is 4.79 Å². The maximum absolute atomic E-state index is 12.1. The minimum absolute atomic E-state index is 0.159. The van der Waals surface area contributed by atoms with Gasteiger partial charge in [-0.3, -0.25) is 4.79 Å². The van der Waals surface area contributed by atoms with E-state index in [-0.39, 0.29) is 12.1 Å². The Bertz CT molecular complexity index is 504. The van der Waals surface area contributed by atoms with Gasteiger partial charge >= 0.3 is 0 Å². The van der Waals surface area contributed by atoms with Crippen LogP contribution in [0.15, 0.2) is 17.5 Å². The normalized spacial score (nSPS) is 20.4. The van der Waals surface area contributed by atoms with Crippen molar-refractivity contribution in [3.63, 3.8) is 0 Å². The topological polar surface area (TPSA) is 86.9 Å². The van der Waals surface area contributed by atoms with E-state index < -0.39 is 0 Å². The van der Waals surface area contributed by atoms with E-state index in [2.05, 4.69) is 21.9 Å². The van der Waals surface area contributed by atoms with E-state index in [1.165, 1.54) is 0 Å². The molecule has 1 aromatic rings. The van der Waals surface area contributed by atoms with Gasteiger partial charge in [0.05, 0.1) is 0 Å². The van der Waals surface area contributed by atoms with Crippen LogP contribution in [0.5, 0.6) is 0 Å². The zero-order valence-corrected chi connectivity index (χ0v) is 11.2. The predicted octanol–water partition coefficient (Wildman–Crippen LogP) is 2.99. The molecule has 1 aromatic heterocycles. The van der Waals surface area contributed by atoms with Crippen molar-refractivity contribution < 1.29 is 4.79 Å². The molecule has 7 nitrogen and oxygen atoms in total. The standard InChI is InChI=1S/C12H18N6O/c1-3-4-10-7-11(19)18(8-10)9(2)17-6-5-14-12(17)15-16-13/h5-6,9-10H,3-4,7-8H2,1-2H3. The largest absolute Gasteiger partial charge is 0.322 e. The van der Waals surface area contributed by atoms with Crippen LogP contribution in [0.2, 0.25) is 0 Å². The number of imidazole rings is 1. The highest BCUT2D eigenvalue weighted by Gasteiger charge is 2.33. The number of nitrogens with zero attached hydrogens (tertiary/aromatic N) is 6. The second-order valence-electron chi connectivity index (χ2n) is 4.86. The molecule has 0 saturated carbocycles. The predicted molar refractivity (Wildman–Crippen MR) is 70.5 cm³/mol. The molecule has 0 bridgehead atoms. The van der Waals surface area contributed by atoms with Crippen LogP contribution in [0.3, 0.4) is 0 Å². The summed E-state index contributed by atoms with van der Waals surface area (Å²) in [6.07, 6.45) is 5.91. The molecule has 1 aliphatic rings. The highest BCUT2D eigenvalue weighted by Crippen LogP contribution is 2.29. The van der Waals surface area contributed by atoms with Crippen molar-refractivity contribution in [1.29, 1.82) is 0 Å². The molecule has 1 fully saturated rings. The molecule has 102 valence electrons. The van der Waals surface area contributed by atoms with Gasteiger partial charge in [-0.1, -0.05) is 13.3 Å². The quantitative estimate of drug-likeness (QED) is 0.464. The number of hydrogen-bond acceptors (Lipinski definition) is 3. The number of aromatic nitrogens is 2. The maximum Gasteiger partial charge on any atom is 0.224 e. The lowest BCUT2D eigenvalue weighted by molar-refractivity contribution is -0.130. The van der Waals surface area contributed by atoms with Gasteiger partial charge in [-0.05, 0) is 29.9 Å². The highest BCUT2D eigenvalue weighted by molar-refractivity contribution is 5.78. The Morgan fingerprint density at radius 2 is 2.47 bits per heavy atom. The molecule has 1 saturated heterocycles. The van der Waals surface area contributed by atoms with Crippen LogP contribution in [0.25, 0.3) is 10.4 Å². The van der Waals surface area contributed by atoms with Crippen LogP contribution in [-0.2, 0) is 4.79 Å².